The first kappa shape index (κ1) is 31.8. The van der Waals surface area contributed by atoms with Crippen LogP contribution in [0.2, 0.25) is 0 Å². The molecule has 222 valence electrons. The van der Waals surface area contributed by atoms with Crippen LogP contribution in [0.1, 0.15) is 35.5 Å². The number of aromatic nitrogens is 2. The Morgan fingerprint density at radius 3 is 2.38 bits per heavy atom. The molecule has 0 aliphatic rings. The van der Waals surface area contributed by atoms with E-state index in [2.05, 4.69) is 15.3 Å². The number of phenolic OH excluding ortho intramolecular Hbond substituents is 1. The summed E-state index contributed by atoms with van der Waals surface area (Å²) in [6.45, 7) is 1.58. The molecule has 1 aromatic heterocycles. The monoisotopic (exact) mass is 584 g/mol. The Labute approximate surface area is 240 Å². The van der Waals surface area contributed by atoms with E-state index < -0.39 is 30.0 Å². The van der Waals surface area contributed by atoms with E-state index in [0.717, 1.165) is 17.2 Å². The van der Waals surface area contributed by atoms with Crippen molar-refractivity contribution in [2.24, 2.45) is 0 Å². The molecule has 0 fully saturated rings. The lowest BCUT2D eigenvalue weighted by atomic mass is 9.98. The van der Waals surface area contributed by atoms with Crippen molar-refractivity contribution in [3.05, 3.63) is 82.9 Å². The Balaban J connectivity index is 0.00000155. The van der Waals surface area contributed by atoms with Gasteiger partial charge in [-0.15, -0.1) is 0 Å². The molecule has 0 saturated carbocycles. The van der Waals surface area contributed by atoms with Gasteiger partial charge in [-0.2, -0.15) is 8.78 Å². The number of rotatable bonds is 8. The van der Waals surface area contributed by atoms with Gasteiger partial charge in [0.05, 0.1) is 23.5 Å². The summed E-state index contributed by atoms with van der Waals surface area (Å²) in [5.41, 5.74) is 1.73. The molecule has 3 aromatic carbocycles. The van der Waals surface area contributed by atoms with Gasteiger partial charge in [0.15, 0.2) is 0 Å². The molecule has 0 spiro atoms. The first-order valence-corrected chi connectivity index (χ1v) is 12.8. The van der Waals surface area contributed by atoms with Crippen molar-refractivity contribution in [3.63, 3.8) is 0 Å². The van der Waals surface area contributed by atoms with Gasteiger partial charge in [-0.05, 0) is 55.3 Å². The minimum absolute atomic E-state index is 0.00469. The SMILES string of the molecule is Cc1nc(N[C@H](C)c2cccc(C(F)(F)CO)c2F)c2cc(-c3ccc(O)c(CC(=O)N(C)C)c3)ccc2n1.O=CO. The Bertz CT molecular complexity index is 1600. The smallest absolute Gasteiger partial charge is 0.298 e. The van der Waals surface area contributed by atoms with Crippen molar-refractivity contribution in [2.45, 2.75) is 32.2 Å². The Hall–Kier alpha value is -4.71. The molecular formula is C30H31F3N4O5. The zero-order chi connectivity index (χ0) is 31.2. The molecule has 1 atom stereocenters. The summed E-state index contributed by atoms with van der Waals surface area (Å²) in [5, 5.41) is 29.9. The number of aliphatic hydroxyl groups is 1. The molecule has 4 rings (SSSR count). The molecule has 0 radical (unpaired) electrons. The molecule has 4 N–H and O–H groups in total. The molecule has 0 unspecified atom stereocenters. The zero-order valence-electron chi connectivity index (χ0n) is 23.4. The van der Waals surface area contributed by atoms with E-state index >= 15 is 4.39 Å². The quantitative estimate of drug-likeness (QED) is 0.212. The van der Waals surface area contributed by atoms with E-state index in [-0.39, 0.29) is 30.1 Å². The fourth-order valence-electron chi connectivity index (χ4n) is 4.30. The second-order valence-electron chi connectivity index (χ2n) is 9.70. The number of carboxylic acid groups (broad SMARTS) is 1. The molecule has 9 nitrogen and oxygen atoms in total. The van der Waals surface area contributed by atoms with Crippen LogP contribution in [0.25, 0.3) is 22.0 Å². The predicted molar refractivity (Wildman–Crippen MR) is 152 cm³/mol. The van der Waals surface area contributed by atoms with Gasteiger partial charge >= 0.3 is 0 Å². The van der Waals surface area contributed by atoms with Crippen molar-refractivity contribution in [1.29, 1.82) is 0 Å². The van der Waals surface area contributed by atoms with Crippen LogP contribution >= 0.6 is 0 Å². The van der Waals surface area contributed by atoms with Crippen LogP contribution in [0, 0.1) is 12.7 Å². The van der Waals surface area contributed by atoms with Crippen molar-refractivity contribution < 1.29 is 38.1 Å². The van der Waals surface area contributed by atoms with Gasteiger partial charge in [0.25, 0.3) is 12.4 Å². The predicted octanol–water partition coefficient (Wildman–Crippen LogP) is 5.04. The minimum atomic E-state index is -3.72. The maximum absolute atomic E-state index is 15.1. The number of aryl methyl sites for hydroxylation is 1. The number of alkyl halides is 2. The lowest BCUT2D eigenvalue weighted by Gasteiger charge is -2.21. The maximum atomic E-state index is 15.1. The third kappa shape index (κ3) is 7.13. The fraction of sp³-hybridized carbons (Fsp3) is 0.267. The van der Waals surface area contributed by atoms with Crippen LogP contribution in [-0.2, 0) is 21.9 Å². The van der Waals surface area contributed by atoms with Crippen molar-refractivity contribution in [2.75, 3.05) is 26.0 Å². The van der Waals surface area contributed by atoms with Crippen LogP contribution in [0.3, 0.4) is 0 Å². The number of carbonyl (C=O) groups is 2. The molecule has 0 bridgehead atoms. The molecular weight excluding hydrogens is 553 g/mol. The topological polar surface area (TPSA) is 136 Å². The highest BCUT2D eigenvalue weighted by molar-refractivity contribution is 5.93. The number of likely N-dealkylation sites (N-methyl/N-ethyl adjacent to an activating group) is 1. The second-order valence-corrected chi connectivity index (χ2v) is 9.70. The summed E-state index contributed by atoms with van der Waals surface area (Å²) >= 11 is 0. The highest BCUT2D eigenvalue weighted by atomic mass is 19.3. The van der Waals surface area contributed by atoms with Crippen LogP contribution in [0.5, 0.6) is 5.75 Å². The molecule has 4 aromatic rings. The van der Waals surface area contributed by atoms with Gasteiger partial charge in [0.1, 0.15) is 29.8 Å². The number of nitrogens with zero attached hydrogens (tertiary/aromatic N) is 3. The summed E-state index contributed by atoms with van der Waals surface area (Å²) in [4.78, 5) is 31.0. The summed E-state index contributed by atoms with van der Waals surface area (Å²) in [7, 11) is 3.29. The van der Waals surface area contributed by atoms with Gasteiger partial charge in [0.2, 0.25) is 5.91 Å². The molecule has 0 aliphatic carbocycles. The Morgan fingerprint density at radius 1 is 1.10 bits per heavy atom. The molecule has 1 amide bonds. The van der Waals surface area contributed by atoms with Gasteiger partial charge in [-0.1, -0.05) is 24.3 Å². The third-order valence-electron chi connectivity index (χ3n) is 6.50. The number of fused-ring (bicyclic) bond motifs is 1. The normalized spacial score (nSPS) is 11.8. The van der Waals surface area contributed by atoms with Crippen LogP contribution in [-0.4, -0.2) is 63.3 Å². The lowest BCUT2D eigenvalue weighted by Crippen LogP contribution is -2.23. The van der Waals surface area contributed by atoms with Gasteiger partial charge < -0.3 is 25.5 Å². The standard InChI is InChI=1S/C29H29F3N4O3.CH2O2/c1-16(21-6-5-7-23(27(21)30)29(31,32)15-37)33-28-22-13-19(8-10-24(22)34-17(2)35-28)18-9-11-25(38)20(12-18)14-26(39)36(3)4;2-1-3/h5-13,16,37-38H,14-15H2,1-4H3,(H,33,34,35);1H,(H,2,3)/t16-;/m1./s1. The van der Waals surface area contributed by atoms with E-state index in [1.807, 2.05) is 12.1 Å². The lowest BCUT2D eigenvalue weighted by molar-refractivity contribution is -0.128. The zero-order valence-corrected chi connectivity index (χ0v) is 23.4. The molecule has 1 heterocycles. The van der Waals surface area contributed by atoms with Crippen molar-refractivity contribution in [3.8, 4) is 16.9 Å². The van der Waals surface area contributed by atoms with Crippen LogP contribution in [0.15, 0.2) is 54.6 Å². The van der Waals surface area contributed by atoms with E-state index in [0.29, 0.717) is 28.1 Å². The van der Waals surface area contributed by atoms with Crippen molar-refractivity contribution in [1.82, 2.24) is 14.9 Å². The first-order valence-electron chi connectivity index (χ1n) is 12.8. The van der Waals surface area contributed by atoms with Gasteiger partial charge in [0, 0.05) is 30.6 Å². The Morgan fingerprint density at radius 2 is 1.74 bits per heavy atom. The molecule has 0 saturated heterocycles. The minimum Gasteiger partial charge on any atom is -0.508 e. The highest BCUT2D eigenvalue weighted by Gasteiger charge is 2.35. The summed E-state index contributed by atoms with van der Waals surface area (Å²) in [6.07, 6.45) is 0.0346. The number of hydrogen-bond acceptors (Lipinski definition) is 7. The van der Waals surface area contributed by atoms with E-state index in [1.54, 1.807) is 46.1 Å². The van der Waals surface area contributed by atoms with E-state index in [9.17, 15) is 18.7 Å². The largest absolute Gasteiger partial charge is 0.508 e. The highest BCUT2D eigenvalue weighted by Crippen LogP contribution is 2.35. The average Bonchev–Trinajstić information content (AvgIpc) is 2.94. The van der Waals surface area contributed by atoms with Crippen molar-refractivity contribution >= 4 is 29.1 Å². The Kier molecular flexibility index (Phi) is 10.1. The third-order valence-corrected chi connectivity index (χ3v) is 6.50. The molecule has 42 heavy (non-hydrogen) atoms. The summed E-state index contributed by atoms with van der Waals surface area (Å²) < 4.78 is 43.2. The number of carbonyl (C=O) groups excluding carboxylic acids is 1. The number of amides is 1. The van der Waals surface area contributed by atoms with Gasteiger partial charge in [-0.3, -0.25) is 9.59 Å². The number of aliphatic hydroxyl groups excluding tert-OH is 1. The number of nitrogens with one attached hydrogen (secondary N) is 1. The average molecular weight is 585 g/mol. The molecule has 0 aliphatic heterocycles. The van der Waals surface area contributed by atoms with Crippen LogP contribution < -0.4 is 5.32 Å². The molecule has 12 heteroatoms. The number of benzene rings is 3. The number of hydrogen-bond donors (Lipinski definition) is 4. The number of phenols is 1. The second kappa shape index (κ2) is 13.3. The number of anilines is 1. The van der Waals surface area contributed by atoms with E-state index in [4.69, 9.17) is 15.0 Å². The maximum Gasteiger partial charge on any atom is 0.298 e. The van der Waals surface area contributed by atoms with Crippen LogP contribution in [0.4, 0.5) is 19.0 Å². The fourth-order valence-corrected chi connectivity index (χ4v) is 4.30. The number of aromatic hydroxyl groups is 1. The number of halogens is 3. The first-order chi connectivity index (χ1) is 19.8. The van der Waals surface area contributed by atoms with E-state index in [1.165, 1.54) is 23.1 Å². The van der Waals surface area contributed by atoms with Gasteiger partial charge in [-0.25, -0.2) is 14.4 Å². The summed E-state index contributed by atoms with van der Waals surface area (Å²) in [6, 6.07) is 13.4. The summed E-state index contributed by atoms with van der Waals surface area (Å²) in [5.74, 6) is -4.12.